The molecule has 1 amide bonds. The van der Waals surface area contributed by atoms with Crippen LogP contribution >= 0.6 is 0 Å². The van der Waals surface area contributed by atoms with Crippen LogP contribution < -0.4 is 0 Å². The Labute approximate surface area is 151 Å². The summed E-state index contributed by atoms with van der Waals surface area (Å²) in [6.45, 7) is 1.08. The Kier molecular flexibility index (Phi) is 6.60. The largest absolute Gasteiger partial charge is 0.340 e. The Hall–Kier alpha value is -2.13. The maximum atomic E-state index is 13.1. The highest BCUT2D eigenvalue weighted by molar-refractivity contribution is 7.88. The number of carbonyl (C=O) groups is 2. The van der Waals surface area contributed by atoms with Crippen LogP contribution in [-0.4, -0.2) is 61.7 Å². The second-order valence-corrected chi connectivity index (χ2v) is 8.00. The van der Waals surface area contributed by atoms with Gasteiger partial charge in [-0.2, -0.15) is 4.31 Å². The Morgan fingerprint density at radius 1 is 1.08 bits per heavy atom. The molecule has 26 heavy (non-hydrogen) atoms. The van der Waals surface area contributed by atoms with Gasteiger partial charge in [0, 0.05) is 39.0 Å². The lowest BCUT2D eigenvalue weighted by molar-refractivity contribution is -0.133. The summed E-state index contributed by atoms with van der Waals surface area (Å²) >= 11 is 0. The fourth-order valence-electron chi connectivity index (χ4n) is 2.55. The zero-order valence-electron chi connectivity index (χ0n) is 14.3. The van der Waals surface area contributed by atoms with E-state index in [1.807, 2.05) is 0 Å². The van der Waals surface area contributed by atoms with Crippen LogP contribution in [-0.2, 0) is 19.6 Å². The molecule has 6 nitrogen and oxygen atoms in total. The van der Waals surface area contributed by atoms with Gasteiger partial charge in [-0.15, -0.1) is 0 Å². The third kappa shape index (κ3) is 5.70. The molecule has 0 N–H and O–H groups in total. The predicted octanol–water partition coefficient (Wildman–Crippen LogP) is 1.43. The third-order valence-electron chi connectivity index (χ3n) is 4.05. The zero-order chi connectivity index (χ0) is 19.3. The molecule has 0 saturated carbocycles. The van der Waals surface area contributed by atoms with Gasteiger partial charge in [0.2, 0.25) is 15.9 Å². The molecule has 1 saturated heterocycles. The first-order valence-corrected chi connectivity index (χ1v) is 9.90. The minimum Gasteiger partial charge on any atom is -0.340 e. The molecule has 0 radical (unpaired) electrons. The average molecular weight is 386 g/mol. The Morgan fingerprint density at radius 3 is 2.31 bits per heavy atom. The van der Waals surface area contributed by atoms with Crippen LogP contribution in [0.4, 0.5) is 8.78 Å². The first kappa shape index (κ1) is 20.2. The van der Waals surface area contributed by atoms with Crippen molar-refractivity contribution >= 4 is 27.8 Å². The first-order chi connectivity index (χ1) is 12.2. The molecule has 1 aromatic carbocycles. The molecule has 1 aliphatic rings. The number of piperazine rings is 1. The van der Waals surface area contributed by atoms with Gasteiger partial charge in [0.05, 0.1) is 6.26 Å². The van der Waals surface area contributed by atoms with E-state index in [2.05, 4.69) is 0 Å². The number of allylic oxidation sites excluding steroid dienone is 1. The second-order valence-electron chi connectivity index (χ2n) is 6.02. The molecular weight excluding hydrogens is 366 g/mol. The van der Waals surface area contributed by atoms with Crippen LogP contribution in [0.25, 0.3) is 6.08 Å². The molecule has 0 unspecified atom stereocenters. The topological polar surface area (TPSA) is 74.8 Å². The van der Waals surface area contributed by atoms with E-state index in [0.717, 1.165) is 18.4 Å². The van der Waals surface area contributed by atoms with Crippen LogP contribution in [0.1, 0.15) is 18.4 Å². The van der Waals surface area contributed by atoms with E-state index in [-0.39, 0.29) is 37.6 Å². The van der Waals surface area contributed by atoms with Gasteiger partial charge < -0.3 is 4.90 Å². The highest BCUT2D eigenvalue weighted by Crippen LogP contribution is 2.11. The molecule has 0 bridgehead atoms. The minimum absolute atomic E-state index is 0.00863. The SMILES string of the molecule is CS(=O)(=O)N1CCN(C(=O)CCC(=O)/C=C/c2ccc(F)c(F)c2)CC1. The number of nitrogens with zero attached hydrogens (tertiary/aromatic N) is 2. The highest BCUT2D eigenvalue weighted by atomic mass is 32.2. The Morgan fingerprint density at radius 2 is 1.73 bits per heavy atom. The summed E-state index contributed by atoms with van der Waals surface area (Å²) in [5, 5.41) is 0. The zero-order valence-corrected chi connectivity index (χ0v) is 15.1. The molecule has 1 aliphatic heterocycles. The first-order valence-electron chi connectivity index (χ1n) is 8.05. The molecule has 0 aromatic heterocycles. The number of ketones is 1. The van der Waals surface area contributed by atoms with Gasteiger partial charge >= 0.3 is 0 Å². The van der Waals surface area contributed by atoms with E-state index in [0.29, 0.717) is 18.7 Å². The van der Waals surface area contributed by atoms with Gasteiger partial charge in [-0.1, -0.05) is 12.1 Å². The number of hydrogen-bond acceptors (Lipinski definition) is 4. The lowest BCUT2D eigenvalue weighted by atomic mass is 10.1. The predicted molar refractivity (Wildman–Crippen MR) is 92.6 cm³/mol. The molecule has 0 aliphatic carbocycles. The molecule has 2 rings (SSSR count). The van der Waals surface area contributed by atoms with Crippen molar-refractivity contribution in [2.45, 2.75) is 12.8 Å². The van der Waals surface area contributed by atoms with Crippen molar-refractivity contribution in [3.63, 3.8) is 0 Å². The van der Waals surface area contributed by atoms with Gasteiger partial charge in [0.1, 0.15) is 0 Å². The summed E-state index contributed by atoms with van der Waals surface area (Å²) in [6.07, 6.45) is 3.72. The van der Waals surface area contributed by atoms with Crippen LogP contribution in [0.3, 0.4) is 0 Å². The molecule has 0 spiro atoms. The average Bonchev–Trinajstić information content (AvgIpc) is 2.60. The van der Waals surface area contributed by atoms with Gasteiger partial charge in [-0.05, 0) is 23.8 Å². The number of hydrogen-bond donors (Lipinski definition) is 0. The van der Waals surface area contributed by atoms with Crippen molar-refractivity contribution in [2.75, 3.05) is 32.4 Å². The molecule has 1 heterocycles. The van der Waals surface area contributed by atoms with Gasteiger partial charge in [0.25, 0.3) is 0 Å². The van der Waals surface area contributed by atoms with Crippen LogP contribution in [0.2, 0.25) is 0 Å². The molecule has 142 valence electrons. The number of halogens is 2. The summed E-state index contributed by atoms with van der Waals surface area (Å²) in [5.41, 5.74) is 0.348. The second kappa shape index (κ2) is 8.50. The van der Waals surface area contributed by atoms with Crippen molar-refractivity contribution in [2.24, 2.45) is 0 Å². The standard InChI is InChI=1S/C17H20F2N2O4S/c1-26(24,25)21-10-8-20(9-11-21)17(23)7-5-14(22)4-2-13-3-6-15(18)16(19)12-13/h2-4,6,12H,5,7-11H2,1H3/b4-2+. The molecular formula is C17H20F2N2O4S. The minimum atomic E-state index is -3.26. The normalized spacial score (nSPS) is 16.2. The van der Waals surface area contributed by atoms with E-state index in [9.17, 15) is 26.8 Å². The van der Waals surface area contributed by atoms with Crippen molar-refractivity contribution in [1.29, 1.82) is 0 Å². The smallest absolute Gasteiger partial charge is 0.223 e. The van der Waals surface area contributed by atoms with E-state index in [4.69, 9.17) is 0 Å². The lowest BCUT2D eigenvalue weighted by Crippen LogP contribution is -2.50. The number of amides is 1. The summed E-state index contributed by atoms with van der Waals surface area (Å²) in [5.74, 6) is -2.48. The Bertz CT molecular complexity index is 816. The van der Waals surface area contributed by atoms with Crippen LogP contribution in [0, 0.1) is 11.6 Å². The fraction of sp³-hybridized carbons (Fsp3) is 0.412. The van der Waals surface area contributed by atoms with Crippen molar-refractivity contribution < 1.29 is 26.8 Å². The van der Waals surface area contributed by atoms with Gasteiger partial charge in [-0.25, -0.2) is 17.2 Å². The van der Waals surface area contributed by atoms with E-state index < -0.39 is 21.7 Å². The monoisotopic (exact) mass is 386 g/mol. The van der Waals surface area contributed by atoms with Gasteiger partial charge in [0.15, 0.2) is 17.4 Å². The third-order valence-corrected chi connectivity index (χ3v) is 5.35. The maximum Gasteiger partial charge on any atom is 0.223 e. The number of sulfonamides is 1. The quantitative estimate of drug-likeness (QED) is 0.694. The summed E-state index contributed by atoms with van der Waals surface area (Å²) in [7, 11) is -3.26. The van der Waals surface area contributed by atoms with Crippen LogP contribution in [0.15, 0.2) is 24.3 Å². The molecule has 9 heteroatoms. The Balaban J connectivity index is 1.79. The fourth-order valence-corrected chi connectivity index (χ4v) is 3.37. The summed E-state index contributed by atoms with van der Waals surface area (Å²) in [4.78, 5) is 25.5. The van der Waals surface area contributed by atoms with Gasteiger partial charge in [-0.3, -0.25) is 9.59 Å². The highest BCUT2D eigenvalue weighted by Gasteiger charge is 2.25. The summed E-state index contributed by atoms with van der Waals surface area (Å²) in [6, 6.07) is 3.29. The van der Waals surface area contributed by atoms with E-state index in [1.165, 1.54) is 27.4 Å². The molecule has 0 atom stereocenters. The van der Waals surface area contributed by atoms with Crippen molar-refractivity contribution in [3.05, 3.63) is 41.5 Å². The van der Waals surface area contributed by atoms with Crippen LogP contribution in [0.5, 0.6) is 0 Å². The number of rotatable bonds is 6. The maximum absolute atomic E-state index is 13.1. The van der Waals surface area contributed by atoms with E-state index in [1.54, 1.807) is 0 Å². The summed E-state index contributed by atoms with van der Waals surface area (Å²) < 4.78 is 50.1. The number of carbonyl (C=O) groups excluding carboxylic acids is 2. The van der Waals surface area contributed by atoms with Crippen molar-refractivity contribution in [3.8, 4) is 0 Å². The van der Waals surface area contributed by atoms with Crippen molar-refractivity contribution in [1.82, 2.24) is 9.21 Å². The van der Waals surface area contributed by atoms with E-state index >= 15 is 0 Å². The molecule has 1 aromatic rings. The lowest BCUT2D eigenvalue weighted by Gasteiger charge is -2.33. The molecule has 1 fully saturated rings. The number of benzene rings is 1.